The van der Waals surface area contributed by atoms with Gasteiger partial charge in [-0.2, -0.15) is 0 Å². The number of amides is 1. The van der Waals surface area contributed by atoms with E-state index >= 15 is 0 Å². The summed E-state index contributed by atoms with van der Waals surface area (Å²) in [5, 5.41) is 3.94. The molecule has 1 aliphatic heterocycles. The number of nitrogens with one attached hydrogen (secondary N) is 1. The Morgan fingerprint density at radius 3 is 2.45 bits per heavy atom. The van der Waals surface area contributed by atoms with E-state index in [0.29, 0.717) is 12.3 Å². The summed E-state index contributed by atoms with van der Waals surface area (Å²) in [4.78, 5) is 25.0. The lowest BCUT2D eigenvalue weighted by atomic mass is 10.1. The van der Waals surface area contributed by atoms with Gasteiger partial charge in [-0.05, 0) is 69.9 Å². The number of hydrogen-bond acceptors (Lipinski definition) is 5. The third kappa shape index (κ3) is 3.99. The number of benzene rings is 1. The van der Waals surface area contributed by atoms with Crippen molar-refractivity contribution in [2.75, 3.05) is 18.0 Å². The molecule has 0 radical (unpaired) electrons. The van der Waals surface area contributed by atoms with Gasteiger partial charge in [-0.3, -0.25) is 9.36 Å². The van der Waals surface area contributed by atoms with E-state index in [1.165, 1.54) is 6.42 Å². The third-order valence-corrected chi connectivity index (χ3v) is 6.43. The first-order valence-electron chi connectivity index (χ1n) is 11.6. The van der Waals surface area contributed by atoms with Crippen LogP contribution in [-0.4, -0.2) is 33.5 Å². The maximum absolute atomic E-state index is 13.1. The molecule has 5 rings (SSSR count). The molecule has 0 saturated carbocycles. The molecule has 7 nitrogen and oxygen atoms in total. The fourth-order valence-corrected chi connectivity index (χ4v) is 4.60. The number of rotatable bonds is 5. The smallest absolute Gasteiger partial charge is 0.289 e. The van der Waals surface area contributed by atoms with Gasteiger partial charge in [0.2, 0.25) is 5.82 Å². The monoisotopic (exact) mass is 443 g/mol. The molecule has 1 aromatic carbocycles. The molecular formula is C26H29N5O2. The SMILES string of the molecule is Cc1ccc(CNC(=O)c2nc(N3CCCCC3)c3c(C)c(C)n(-c4ccccc4)c3n2)o1. The zero-order valence-corrected chi connectivity index (χ0v) is 19.4. The van der Waals surface area contributed by atoms with E-state index in [2.05, 4.69) is 40.8 Å². The normalized spacial score (nSPS) is 14.1. The van der Waals surface area contributed by atoms with Crippen molar-refractivity contribution < 1.29 is 9.21 Å². The minimum atomic E-state index is -0.305. The van der Waals surface area contributed by atoms with Gasteiger partial charge in [0.25, 0.3) is 5.91 Å². The Kier molecular flexibility index (Phi) is 5.62. The first-order chi connectivity index (χ1) is 16.0. The number of nitrogens with zero attached hydrogens (tertiary/aromatic N) is 4. The van der Waals surface area contributed by atoms with Crippen LogP contribution in [0.25, 0.3) is 16.7 Å². The summed E-state index contributed by atoms with van der Waals surface area (Å²) in [6, 6.07) is 13.9. The Balaban J connectivity index is 1.62. The fraction of sp³-hybridized carbons (Fsp3) is 0.346. The van der Waals surface area contributed by atoms with Gasteiger partial charge in [-0.15, -0.1) is 0 Å². The van der Waals surface area contributed by atoms with Crippen LogP contribution in [0.5, 0.6) is 0 Å². The first-order valence-corrected chi connectivity index (χ1v) is 11.6. The minimum Gasteiger partial charge on any atom is -0.465 e. The molecule has 0 atom stereocenters. The van der Waals surface area contributed by atoms with E-state index in [1.807, 2.05) is 37.3 Å². The van der Waals surface area contributed by atoms with Crippen LogP contribution in [0, 0.1) is 20.8 Å². The van der Waals surface area contributed by atoms with Crippen molar-refractivity contribution in [3.05, 3.63) is 71.1 Å². The highest BCUT2D eigenvalue weighted by atomic mass is 16.3. The molecular weight excluding hydrogens is 414 g/mol. The number of fused-ring (bicyclic) bond motifs is 1. The first kappa shape index (κ1) is 21.2. The van der Waals surface area contributed by atoms with Gasteiger partial charge in [-0.1, -0.05) is 18.2 Å². The number of para-hydroxylation sites is 1. The summed E-state index contributed by atoms with van der Waals surface area (Å²) < 4.78 is 7.72. The molecule has 1 aliphatic rings. The zero-order chi connectivity index (χ0) is 22.9. The van der Waals surface area contributed by atoms with Crippen molar-refractivity contribution in [1.29, 1.82) is 0 Å². The lowest BCUT2D eigenvalue weighted by Gasteiger charge is -2.28. The van der Waals surface area contributed by atoms with Crippen LogP contribution in [0.2, 0.25) is 0 Å². The Morgan fingerprint density at radius 2 is 1.76 bits per heavy atom. The van der Waals surface area contributed by atoms with Gasteiger partial charge >= 0.3 is 0 Å². The van der Waals surface area contributed by atoms with Crippen molar-refractivity contribution in [2.45, 2.75) is 46.6 Å². The highest BCUT2D eigenvalue weighted by Gasteiger charge is 2.25. The number of aryl methyl sites for hydroxylation is 2. The summed E-state index contributed by atoms with van der Waals surface area (Å²) in [6.45, 7) is 8.28. The van der Waals surface area contributed by atoms with Crippen molar-refractivity contribution in [1.82, 2.24) is 19.9 Å². The van der Waals surface area contributed by atoms with Crippen molar-refractivity contribution in [3.63, 3.8) is 0 Å². The molecule has 1 saturated heterocycles. The van der Waals surface area contributed by atoms with E-state index < -0.39 is 0 Å². The molecule has 4 aromatic rings. The second kappa shape index (κ2) is 8.73. The Bertz CT molecular complexity index is 1300. The molecule has 1 N–H and O–H groups in total. The third-order valence-electron chi connectivity index (χ3n) is 6.43. The van der Waals surface area contributed by atoms with Crippen LogP contribution >= 0.6 is 0 Å². The average Bonchev–Trinajstić information content (AvgIpc) is 3.38. The topological polar surface area (TPSA) is 76.2 Å². The molecule has 3 aromatic heterocycles. The second-order valence-electron chi connectivity index (χ2n) is 8.69. The summed E-state index contributed by atoms with van der Waals surface area (Å²) in [6.07, 6.45) is 3.48. The van der Waals surface area contributed by atoms with Crippen LogP contribution < -0.4 is 10.2 Å². The van der Waals surface area contributed by atoms with Gasteiger partial charge in [0, 0.05) is 24.5 Å². The summed E-state index contributed by atoms with van der Waals surface area (Å²) in [7, 11) is 0. The van der Waals surface area contributed by atoms with Crippen LogP contribution in [0.15, 0.2) is 46.9 Å². The van der Waals surface area contributed by atoms with Gasteiger partial charge < -0.3 is 14.6 Å². The molecule has 7 heteroatoms. The van der Waals surface area contributed by atoms with E-state index in [-0.39, 0.29) is 11.7 Å². The van der Waals surface area contributed by atoms with Gasteiger partial charge in [0.1, 0.15) is 17.3 Å². The molecule has 1 amide bonds. The molecule has 1 fully saturated rings. The number of carbonyl (C=O) groups is 1. The fourth-order valence-electron chi connectivity index (χ4n) is 4.60. The standard InChI is InChI=1S/C26H29N5O2/c1-17-12-13-21(33-17)16-27-26(32)23-28-24(30-14-8-5-9-15-30)22-18(2)19(3)31(25(22)29-23)20-10-6-4-7-11-20/h4,6-7,10-13H,5,8-9,14-16H2,1-3H3,(H,27,32). The van der Waals surface area contributed by atoms with Gasteiger partial charge in [0.05, 0.1) is 11.9 Å². The highest BCUT2D eigenvalue weighted by Crippen LogP contribution is 2.34. The Hall–Kier alpha value is -3.61. The lowest BCUT2D eigenvalue weighted by molar-refractivity contribution is 0.0937. The van der Waals surface area contributed by atoms with Crippen LogP contribution in [0.3, 0.4) is 0 Å². The molecule has 0 bridgehead atoms. The lowest BCUT2D eigenvalue weighted by Crippen LogP contribution is -2.32. The molecule has 170 valence electrons. The van der Waals surface area contributed by atoms with Gasteiger partial charge in [0.15, 0.2) is 5.65 Å². The van der Waals surface area contributed by atoms with Crippen molar-refractivity contribution in [2.24, 2.45) is 0 Å². The quantitative estimate of drug-likeness (QED) is 0.477. The van der Waals surface area contributed by atoms with Crippen LogP contribution in [0.1, 0.15) is 52.7 Å². The van der Waals surface area contributed by atoms with E-state index in [1.54, 1.807) is 0 Å². The van der Waals surface area contributed by atoms with Crippen molar-refractivity contribution >= 4 is 22.8 Å². The number of furan rings is 1. The summed E-state index contributed by atoms with van der Waals surface area (Å²) >= 11 is 0. The second-order valence-corrected chi connectivity index (χ2v) is 8.69. The maximum Gasteiger partial charge on any atom is 0.289 e. The number of anilines is 1. The zero-order valence-electron chi connectivity index (χ0n) is 19.4. The molecule has 0 spiro atoms. The Morgan fingerprint density at radius 1 is 1.00 bits per heavy atom. The van der Waals surface area contributed by atoms with E-state index in [9.17, 15) is 4.79 Å². The number of aromatic nitrogens is 3. The van der Waals surface area contributed by atoms with Gasteiger partial charge in [-0.25, -0.2) is 9.97 Å². The predicted molar refractivity (Wildman–Crippen MR) is 129 cm³/mol. The molecule has 0 unspecified atom stereocenters. The Labute approximate surface area is 193 Å². The number of piperidine rings is 1. The maximum atomic E-state index is 13.1. The van der Waals surface area contributed by atoms with E-state index in [0.717, 1.165) is 65.5 Å². The molecule has 0 aliphatic carbocycles. The molecule has 33 heavy (non-hydrogen) atoms. The number of hydrogen-bond donors (Lipinski definition) is 1. The molecule has 4 heterocycles. The van der Waals surface area contributed by atoms with Crippen LogP contribution in [0.4, 0.5) is 5.82 Å². The predicted octanol–water partition coefficient (Wildman–Crippen LogP) is 4.86. The van der Waals surface area contributed by atoms with E-state index in [4.69, 9.17) is 14.4 Å². The average molecular weight is 444 g/mol. The summed E-state index contributed by atoms with van der Waals surface area (Å²) in [5.74, 6) is 2.25. The van der Waals surface area contributed by atoms with Crippen molar-refractivity contribution in [3.8, 4) is 5.69 Å². The largest absolute Gasteiger partial charge is 0.465 e. The number of carbonyl (C=O) groups excluding carboxylic acids is 1. The highest BCUT2D eigenvalue weighted by molar-refractivity contribution is 5.98. The minimum absolute atomic E-state index is 0.182. The van der Waals surface area contributed by atoms with Crippen LogP contribution in [-0.2, 0) is 6.54 Å². The summed E-state index contributed by atoms with van der Waals surface area (Å²) in [5.41, 5.74) is 4.04.